The molecule has 0 radical (unpaired) electrons. The molecule has 0 aliphatic heterocycles. The number of rotatable bonds is 4. The van der Waals surface area contributed by atoms with E-state index in [-0.39, 0.29) is 10.6 Å². The fraction of sp³-hybridized carbons (Fsp3) is 0.400. The molecule has 1 rings (SSSR count). The van der Waals surface area contributed by atoms with Gasteiger partial charge in [0.1, 0.15) is 0 Å². The van der Waals surface area contributed by atoms with Gasteiger partial charge < -0.3 is 0 Å². The first kappa shape index (κ1) is 11.0. The number of thiol groups is 1. The van der Waals surface area contributed by atoms with E-state index in [1.54, 1.807) is 12.1 Å². The van der Waals surface area contributed by atoms with Crippen molar-refractivity contribution in [3.63, 3.8) is 0 Å². The zero-order valence-corrected chi connectivity index (χ0v) is 8.96. The van der Waals surface area contributed by atoms with Gasteiger partial charge in [0.2, 0.25) is 0 Å². The minimum Gasteiger partial charge on any atom is -0.258 e. The maximum atomic E-state index is 10.7. The van der Waals surface area contributed by atoms with Crippen molar-refractivity contribution in [3.05, 3.63) is 39.4 Å². The lowest BCUT2D eigenvalue weighted by Crippen LogP contribution is -1.96. The highest BCUT2D eigenvalue weighted by Crippen LogP contribution is 2.21. The molecular formula is C10H13NO2S. The van der Waals surface area contributed by atoms with Crippen molar-refractivity contribution in [2.45, 2.75) is 19.8 Å². The molecule has 0 spiro atoms. The molecule has 0 heterocycles. The van der Waals surface area contributed by atoms with Crippen LogP contribution in [0.25, 0.3) is 0 Å². The molecule has 0 unspecified atom stereocenters. The summed E-state index contributed by atoms with van der Waals surface area (Å²) in [6.45, 7) is 1.94. The maximum Gasteiger partial charge on any atom is 0.272 e. The van der Waals surface area contributed by atoms with E-state index in [0.29, 0.717) is 0 Å². The Morgan fingerprint density at radius 2 is 2.21 bits per heavy atom. The third kappa shape index (κ3) is 2.73. The summed E-state index contributed by atoms with van der Waals surface area (Å²) in [5.74, 6) is 0.755. The lowest BCUT2D eigenvalue weighted by Gasteiger charge is -2.02. The van der Waals surface area contributed by atoms with Gasteiger partial charge in [-0.15, -0.1) is 0 Å². The summed E-state index contributed by atoms with van der Waals surface area (Å²) in [5.41, 5.74) is 2.09. The van der Waals surface area contributed by atoms with Gasteiger partial charge in [0.05, 0.1) is 4.92 Å². The fourth-order valence-corrected chi connectivity index (χ4v) is 1.52. The van der Waals surface area contributed by atoms with E-state index in [1.165, 1.54) is 0 Å². The summed E-state index contributed by atoms with van der Waals surface area (Å²) >= 11 is 4.09. The first-order valence-electron chi connectivity index (χ1n) is 4.50. The highest BCUT2D eigenvalue weighted by atomic mass is 32.1. The van der Waals surface area contributed by atoms with Crippen LogP contribution in [0.5, 0.6) is 0 Å². The average Bonchev–Trinajstić information content (AvgIpc) is 2.14. The van der Waals surface area contributed by atoms with Gasteiger partial charge in [0.25, 0.3) is 5.69 Å². The van der Waals surface area contributed by atoms with Gasteiger partial charge in [-0.2, -0.15) is 12.6 Å². The number of nitro groups is 1. The van der Waals surface area contributed by atoms with Crippen molar-refractivity contribution in [1.82, 2.24) is 0 Å². The van der Waals surface area contributed by atoms with Crippen LogP contribution in [0.1, 0.15) is 17.5 Å². The smallest absolute Gasteiger partial charge is 0.258 e. The monoisotopic (exact) mass is 211 g/mol. The molecule has 4 heteroatoms. The normalized spacial score (nSPS) is 10.1. The van der Waals surface area contributed by atoms with Gasteiger partial charge in [0.15, 0.2) is 0 Å². The number of nitrogens with zero attached hydrogens (tertiary/aromatic N) is 1. The van der Waals surface area contributed by atoms with Crippen molar-refractivity contribution < 1.29 is 4.92 Å². The number of nitro benzene ring substituents is 1. The predicted molar refractivity (Wildman–Crippen MR) is 60.0 cm³/mol. The molecule has 0 fully saturated rings. The maximum absolute atomic E-state index is 10.7. The lowest BCUT2D eigenvalue weighted by molar-refractivity contribution is -0.385. The van der Waals surface area contributed by atoms with Crippen LogP contribution in [0.15, 0.2) is 18.2 Å². The first-order chi connectivity index (χ1) is 6.65. The van der Waals surface area contributed by atoms with Crippen molar-refractivity contribution in [1.29, 1.82) is 0 Å². The summed E-state index contributed by atoms with van der Waals surface area (Å²) in [6, 6.07) is 5.22. The highest BCUT2D eigenvalue weighted by molar-refractivity contribution is 7.80. The molecule has 0 bridgehead atoms. The molecule has 0 amide bonds. The van der Waals surface area contributed by atoms with E-state index >= 15 is 0 Å². The molecule has 0 saturated heterocycles. The summed E-state index contributed by atoms with van der Waals surface area (Å²) in [6.07, 6.45) is 1.59. The zero-order chi connectivity index (χ0) is 10.6. The Kier molecular flexibility index (Phi) is 3.95. The van der Waals surface area contributed by atoms with Crippen LogP contribution >= 0.6 is 12.6 Å². The van der Waals surface area contributed by atoms with Gasteiger partial charge in [-0.25, -0.2) is 0 Å². The number of benzene rings is 1. The predicted octanol–water partition coefficient (Wildman–Crippen LogP) is 2.77. The lowest BCUT2D eigenvalue weighted by atomic mass is 10.1. The Morgan fingerprint density at radius 1 is 1.50 bits per heavy atom. The van der Waals surface area contributed by atoms with E-state index in [2.05, 4.69) is 12.6 Å². The Morgan fingerprint density at radius 3 is 2.79 bits per heavy atom. The molecule has 14 heavy (non-hydrogen) atoms. The molecule has 0 aliphatic carbocycles. The number of hydrogen-bond donors (Lipinski definition) is 1. The second-order valence-corrected chi connectivity index (χ2v) is 3.66. The third-order valence-corrected chi connectivity index (χ3v) is 2.35. The van der Waals surface area contributed by atoms with Gasteiger partial charge in [0, 0.05) is 11.6 Å². The number of hydrogen-bond acceptors (Lipinski definition) is 3. The van der Waals surface area contributed by atoms with Gasteiger partial charge in [-0.1, -0.05) is 11.6 Å². The largest absolute Gasteiger partial charge is 0.272 e. The van der Waals surface area contributed by atoms with Crippen LogP contribution in [0, 0.1) is 17.0 Å². The molecular weight excluding hydrogens is 198 g/mol. The molecule has 1 aromatic rings. The average molecular weight is 211 g/mol. The second-order valence-electron chi connectivity index (χ2n) is 3.22. The Balaban J connectivity index is 2.97. The molecule has 0 aromatic heterocycles. The van der Waals surface area contributed by atoms with Crippen LogP contribution in [0.3, 0.4) is 0 Å². The summed E-state index contributed by atoms with van der Waals surface area (Å²) in [4.78, 5) is 10.4. The topological polar surface area (TPSA) is 43.1 Å². The zero-order valence-electron chi connectivity index (χ0n) is 8.06. The van der Waals surface area contributed by atoms with E-state index < -0.39 is 0 Å². The van der Waals surface area contributed by atoms with Crippen molar-refractivity contribution in [2.24, 2.45) is 0 Å². The van der Waals surface area contributed by atoms with Crippen LogP contribution in [0.2, 0.25) is 0 Å². The summed E-state index contributed by atoms with van der Waals surface area (Å²) in [7, 11) is 0. The van der Waals surface area contributed by atoms with Crippen molar-refractivity contribution in [3.8, 4) is 0 Å². The Hall–Kier alpha value is -1.03. The molecule has 76 valence electrons. The van der Waals surface area contributed by atoms with Crippen molar-refractivity contribution >= 4 is 18.3 Å². The van der Waals surface area contributed by atoms with Crippen LogP contribution in [0.4, 0.5) is 5.69 Å². The van der Waals surface area contributed by atoms with Crippen LogP contribution < -0.4 is 0 Å². The minimum absolute atomic E-state index is 0.220. The minimum atomic E-state index is -0.326. The molecule has 0 N–H and O–H groups in total. The van der Waals surface area contributed by atoms with Crippen LogP contribution in [-0.4, -0.2) is 10.7 Å². The summed E-state index contributed by atoms with van der Waals surface area (Å²) < 4.78 is 0. The Bertz CT molecular complexity index is 339. The van der Waals surface area contributed by atoms with E-state index in [4.69, 9.17) is 0 Å². The SMILES string of the molecule is Cc1ccc([N+](=O)[O-])c(CCCS)c1. The Labute approximate surface area is 88.7 Å². The van der Waals surface area contributed by atoms with E-state index in [1.807, 2.05) is 13.0 Å². The number of aryl methyl sites for hydroxylation is 2. The van der Waals surface area contributed by atoms with Gasteiger partial charge in [-0.05, 0) is 31.6 Å². The standard InChI is InChI=1S/C10H13NO2S/c1-8-4-5-10(11(12)13)9(7-8)3-2-6-14/h4-5,7,14H,2-3,6H2,1H3. The van der Waals surface area contributed by atoms with E-state index in [0.717, 1.165) is 29.7 Å². The highest BCUT2D eigenvalue weighted by Gasteiger charge is 2.12. The summed E-state index contributed by atoms with van der Waals surface area (Å²) in [5, 5.41) is 10.7. The van der Waals surface area contributed by atoms with Gasteiger partial charge in [-0.3, -0.25) is 10.1 Å². The molecule has 0 saturated carbocycles. The fourth-order valence-electron chi connectivity index (χ4n) is 1.36. The first-order valence-corrected chi connectivity index (χ1v) is 5.13. The second kappa shape index (κ2) is 5.00. The quantitative estimate of drug-likeness (QED) is 0.473. The molecule has 1 aromatic carbocycles. The molecule has 0 aliphatic rings. The van der Waals surface area contributed by atoms with Gasteiger partial charge >= 0.3 is 0 Å². The molecule has 3 nitrogen and oxygen atoms in total. The molecule has 0 atom stereocenters. The van der Waals surface area contributed by atoms with Crippen molar-refractivity contribution in [2.75, 3.05) is 5.75 Å². The third-order valence-electron chi connectivity index (χ3n) is 2.04. The van der Waals surface area contributed by atoms with E-state index in [9.17, 15) is 10.1 Å². The van der Waals surface area contributed by atoms with Crippen LogP contribution in [-0.2, 0) is 6.42 Å².